The van der Waals surface area contributed by atoms with Gasteiger partial charge in [0.05, 0.1) is 12.2 Å². The minimum absolute atomic E-state index is 0.248. The molecule has 2 saturated heterocycles. The van der Waals surface area contributed by atoms with E-state index in [-0.39, 0.29) is 18.0 Å². The first-order valence-corrected chi connectivity index (χ1v) is 13.8. The summed E-state index contributed by atoms with van der Waals surface area (Å²) in [6.07, 6.45) is 4.86. The van der Waals surface area contributed by atoms with Crippen molar-refractivity contribution in [2.45, 2.75) is 31.8 Å². The second-order valence-electron chi connectivity index (χ2n) is 10.7. The van der Waals surface area contributed by atoms with Gasteiger partial charge in [-0.2, -0.15) is 5.10 Å². The maximum Gasteiger partial charge on any atom is 0.255 e. The van der Waals surface area contributed by atoms with E-state index in [9.17, 15) is 13.6 Å². The Morgan fingerprint density at radius 2 is 1.80 bits per heavy atom. The molecule has 0 saturated carbocycles. The van der Waals surface area contributed by atoms with Crippen molar-refractivity contribution in [1.82, 2.24) is 24.4 Å². The number of fused-ring (bicyclic) bond motifs is 1. The zero-order valence-corrected chi connectivity index (χ0v) is 22.7. The van der Waals surface area contributed by atoms with Crippen molar-refractivity contribution < 1.29 is 13.6 Å². The lowest BCUT2D eigenvalue weighted by Crippen LogP contribution is -2.45. The van der Waals surface area contributed by atoms with Crippen LogP contribution < -0.4 is 10.2 Å². The normalized spacial score (nSPS) is 19.3. The summed E-state index contributed by atoms with van der Waals surface area (Å²) in [7, 11) is 2.15. The molecule has 4 aromatic rings. The van der Waals surface area contributed by atoms with E-state index in [1.54, 1.807) is 23.0 Å². The predicted molar refractivity (Wildman–Crippen MR) is 151 cm³/mol. The number of piperazine rings is 1. The van der Waals surface area contributed by atoms with Crippen molar-refractivity contribution >= 4 is 23.1 Å². The maximum atomic E-state index is 14.6. The highest BCUT2D eigenvalue weighted by Gasteiger charge is 2.30. The van der Waals surface area contributed by atoms with Crippen molar-refractivity contribution in [2.75, 3.05) is 50.0 Å². The Labute approximate surface area is 232 Å². The van der Waals surface area contributed by atoms with Crippen LogP contribution >= 0.6 is 0 Å². The molecule has 2 aromatic heterocycles. The van der Waals surface area contributed by atoms with Crippen LogP contribution in [-0.4, -0.2) is 70.1 Å². The summed E-state index contributed by atoms with van der Waals surface area (Å²) < 4.78 is 30.1. The summed E-state index contributed by atoms with van der Waals surface area (Å²) in [6.45, 7) is 7.04. The number of hydrogen-bond donors (Lipinski definition) is 1. The monoisotopic (exact) mass is 545 g/mol. The number of amides is 1. The Kier molecular flexibility index (Phi) is 7.20. The van der Waals surface area contributed by atoms with Crippen molar-refractivity contribution in [3.63, 3.8) is 0 Å². The Bertz CT molecular complexity index is 1510. The smallest absolute Gasteiger partial charge is 0.255 e. The highest BCUT2D eigenvalue weighted by molar-refractivity contribution is 6.06. The zero-order chi connectivity index (χ0) is 27.8. The molecule has 0 aliphatic carbocycles. The van der Waals surface area contributed by atoms with Gasteiger partial charge in [0.15, 0.2) is 5.65 Å². The molecule has 40 heavy (non-hydrogen) atoms. The lowest BCUT2D eigenvalue weighted by molar-refractivity contribution is 0.102. The van der Waals surface area contributed by atoms with E-state index < -0.39 is 11.6 Å². The summed E-state index contributed by atoms with van der Waals surface area (Å²) >= 11 is 0. The van der Waals surface area contributed by atoms with E-state index in [2.05, 4.69) is 34.2 Å². The van der Waals surface area contributed by atoms with Crippen LogP contribution in [0.25, 0.3) is 5.65 Å². The average Bonchev–Trinajstić information content (AvgIpc) is 3.62. The van der Waals surface area contributed by atoms with Gasteiger partial charge in [-0.3, -0.25) is 9.69 Å². The fourth-order valence-electron chi connectivity index (χ4n) is 5.77. The summed E-state index contributed by atoms with van der Waals surface area (Å²) in [5.74, 6) is -0.520. The van der Waals surface area contributed by atoms with E-state index in [1.165, 1.54) is 17.7 Å². The number of carbonyl (C=O) groups is 1. The van der Waals surface area contributed by atoms with E-state index in [0.717, 1.165) is 38.7 Å². The SMILES string of the molecule is C[C@H](c1ccc(C(=O)Nc2cnn3ccc(N4CCCC4c4cc(F)ccc4F)nc23)cc1)N1CCN(C)CC1. The first-order chi connectivity index (χ1) is 19.4. The third kappa shape index (κ3) is 5.16. The second kappa shape index (κ2) is 10.9. The first-order valence-electron chi connectivity index (χ1n) is 13.8. The van der Waals surface area contributed by atoms with Gasteiger partial charge in [-0.15, -0.1) is 0 Å². The first kappa shape index (κ1) is 26.3. The van der Waals surface area contributed by atoms with Gasteiger partial charge in [-0.05, 0) is 68.8 Å². The minimum Gasteiger partial charge on any atom is -0.349 e. The highest BCUT2D eigenvalue weighted by atomic mass is 19.1. The number of halogens is 2. The molecule has 4 heterocycles. The van der Waals surface area contributed by atoms with Gasteiger partial charge in [0, 0.05) is 56.1 Å². The number of rotatable bonds is 6. The third-order valence-corrected chi connectivity index (χ3v) is 8.21. The average molecular weight is 546 g/mol. The van der Waals surface area contributed by atoms with Crippen molar-refractivity contribution in [3.8, 4) is 0 Å². The fourth-order valence-corrected chi connectivity index (χ4v) is 5.77. The van der Waals surface area contributed by atoms with Crippen LogP contribution in [0.15, 0.2) is 60.9 Å². The van der Waals surface area contributed by atoms with Gasteiger partial charge in [0.25, 0.3) is 5.91 Å². The third-order valence-electron chi connectivity index (χ3n) is 8.21. The van der Waals surface area contributed by atoms with Crippen LogP contribution in [0.1, 0.15) is 53.3 Å². The van der Waals surface area contributed by atoms with Crippen LogP contribution in [0.5, 0.6) is 0 Å². The summed E-state index contributed by atoms with van der Waals surface area (Å²) in [4.78, 5) is 24.7. The number of nitrogens with zero attached hydrogens (tertiary/aromatic N) is 6. The van der Waals surface area contributed by atoms with Crippen molar-refractivity contribution in [2.24, 2.45) is 0 Å². The Morgan fingerprint density at radius 3 is 2.58 bits per heavy atom. The summed E-state index contributed by atoms with van der Waals surface area (Å²) in [5, 5.41) is 7.28. The largest absolute Gasteiger partial charge is 0.349 e. The van der Waals surface area contributed by atoms with Gasteiger partial charge in [-0.1, -0.05) is 12.1 Å². The second-order valence-corrected chi connectivity index (χ2v) is 10.7. The van der Waals surface area contributed by atoms with Crippen molar-refractivity contribution in [3.05, 3.63) is 89.2 Å². The molecule has 8 nitrogen and oxygen atoms in total. The molecule has 6 rings (SSSR count). The van der Waals surface area contributed by atoms with Crippen LogP contribution in [-0.2, 0) is 0 Å². The molecule has 2 aromatic carbocycles. The molecule has 10 heteroatoms. The van der Waals surface area contributed by atoms with Gasteiger partial charge in [0.1, 0.15) is 23.1 Å². The molecule has 0 spiro atoms. The number of nitrogens with one attached hydrogen (secondary N) is 1. The van der Waals surface area contributed by atoms with Crippen molar-refractivity contribution in [1.29, 1.82) is 0 Å². The predicted octanol–water partition coefficient (Wildman–Crippen LogP) is 4.91. The molecule has 2 aliphatic heterocycles. The Morgan fingerprint density at radius 1 is 1.02 bits per heavy atom. The standard InChI is InChI=1S/C30H33F2N7O/c1-20(37-16-14-36(2)15-17-37)21-5-7-22(8-6-21)30(40)34-26-19-33-39-13-11-28(35-29(26)39)38-12-3-4-27(38)24-18-23(31)9-10-25(24)32/h5-11,13,18-20,27H,3-4,12,14-17H2,1-2H3,(H,34,40)/t20-,27?/m1/s1. The quantitative estimate of drug-likeness (QED) is 0.372. The summed E-state index contributed by atoms with van der Waals surface area (Å²) in [5.41, 5.74) is 3.02. The van der Waals surface area contributed by atoms with E-state index in [1.807, 2.05) is 29.2 Å². The van der Waals surface area contributed by atoms with Crippen LogP contribution in [0, 0.1) is 11.6 Å². The minimum atomic E-state index is -0.464. The molecule has 2 aliphatic rings. The molecule has 1 unspecified atom stereocenters. The van der Waals surface area contributed by atoms with Gasteiger partial charge >= 0.3 is 0 Å². The molecule has 1 amide bonds. The molecule has 0 bridgehead atoms. The van der Waals surface area contributed by atoms with Gasteiger partial charge < -0.3 is 15.1 Å². The topological polar surface area (TPSA) is 69.0 Å². The fraction of sp³-hybridized carbons (Fsp3) is 0.367. The Balaban J connectivity index is 1.19. The molecule has 2 atom stereocenters. The number of likely N-dealkylation sites (N-methyl/N-ethyl adjacent to an activating group) is 1. The maximum absolute atomic E-state index is 14.6. The highest BCUT2D eigenvalue weighted by Crippen LogP contribution is 2.37. The number of carbonyl (C=O) groups excluding carboxylic acids is 1. The van der Waals surface area contributed by atoms with E-state index >= 15 is 0 Å². The Hall–Kier alpha value is -3.89. The number of anilines is 2. The van der Waals surface area contributed by atoms with E-state index in [4.69, 9.17) is 4.98 Å². The number of benzene rings is 2. The summed E-state index contributed by atoms with van der Waals surface area (Å²) in [6, 6.07) is 13.1. The van der Waals surface area contributed by atoms with Crippen LogP contribution in [0.3, 0.4) is 0 Å². The van der Waals surface area contributed by atoms with Crippen LogP contribution in [0.2, 0.25) is 0 Å². The van der Waals surface area contributed by atoms with Gasteiger partial charge in [0.2, 0.25) is 0 Å². The number of aromatic nitrogens is 3. The molecule has 1 N–H and O–H groups in total. The molecular formula is C30H33F2N7O. The molecular weight excluding hydrogens is 512 g/mol. The lowest BCUT2D eigenvalue weighted by atomic mass is 10.0. The number of hydrogen-bond acceptors (Lipinski definition) is 6. The van der Waals surface area contributed by atoms with Crippen LogP contribution in [0.4, 0.5) is 20.3 Å². The molecule has 208 valence electrons. The molecule has 0 radical (unpaired) electrons. The molecule has 2 fully saturated rings. The van der Waals surface area contributed by atoms with Gasteiger partial charge in [-0.25, -0.2) is 18.3 Å². The zero-order valence-electron chi connectivity index (χ0n) is 22.7. The van der Waals surface area contributed by atoms with E-state index in [0.29, 0.717) is 41.2 Å². The lowest BCUT2D eigenvalue weighted by Gasteiger charge is -2.36.